The maximum absolute atomic E-state index is 11.7. The molecule has 0 aliphatic heterocycles. The first-order valence-electron chi connectivity index (χ1n) is 5.65. The lowest BCUT2D eigenvalue weighted by Gasteiger charge is -2.19. The fourth-order valence-electron chi connectivity index (χ4n) is 2.54. The molecule has 0 amide bonds. The molecule has 2 atom stereocenters. The quantitative estimate of drug-likeness (QED) is 0.807. The van der Waals surface area contributed by atoms with E-state index >= 15 is 0 Å². The summed E-state index contributed by atoms with van der Waals surface area (Å²) in [6.45, 7) is 1.86. The van der Waals surface area contributed by atoms with E-state index in [1.807, 2.05) is 24.3 Å². The lowest BCUT2D eigenvalue weighted by atomic mass is 9.91. The van der Waals surface area contributed by atoms with Gasteiger partial charge in [0.2, 0.25) is 0 Å². The van der Waals surface area contributed by atoms with E-state index in [9.17, 15) is 4.79 Å². The molecule has 17 heavy (non-hydrogen) atoms. The van der Waals surface area contributed by atoms with Crippen LogP contribution in [0.15, 0.2) is 24.3 Å². The van der Waals surface area contributed by atoms with E-state index in [1.54, 1.807) is 14.0 Å². The summed E-state index contributed by atoms with van der Waals surface area (Å²) >= 11 is 0. The molecule has 2 rings (SSSR count). The molecular weight excluding hydrogens is 216 g/mol. The first-order chi connectivity index (χ1) is 8.00. The standard InChI is InChI=1S/C13H18N2O2/c1-9(16)12(8-14)7-13(12,15)10-3-5-11(17-2)6-4-10/h3-6H,7-8,14-15H2,1-2H3. The van der Waals surface area contributed by atoms with Gasteiger partial charge < -0.3 is 16.2 Å². The average Bonchev–Trinajstić information content (AvgIpc) is 2.98. The number of rotatable bonds is 4. The Morgan fingerprint density at radius 3 is 2.35 bits per heavy atom. The molecule has 0 aromatic heterocycles. The maximum Gasteiger partial charge on any atom is 0.139 e. The van der Waals surface area contributed by atoms with Crippen LogP contribution in [0.5, 0.6) is 5.75 Å². The Hall–Kier alpha value is -1.39. The van der Waals surface area contributed by atoms with Crippen molar-refractivity contribution in [2.45, 2.75) is 18.9 Å². The van der Waals surface area contributed by atoms with Crippen LogP contribution in [0.3, 0.4) is 0 Å². The summed E-state index contributed by atoms with van der Waals surface area (Å²) < 4.78 is 5.10. The Morgan fingerprint density at radius 2 is 2.00 bits per heavy atom. The monoisotopic (exact) mass is 234 g/mol. The van der Waals surface area contributed by atoms with E-state index in [-0.39, 0.29) is 5.78 Å². The minimum Gasteiger partial charge on any atom is -0.497 e. The van der Waals surface area contributed by atoms with Crippen LogP contribution in [-0.4, -0.2) is 19.4 Å². The summed E-state index contributed by atoms with van der Waals surface area (Å²) in [6.07, 6.45) is 0.623. The Kier molecular flexibility index (Phi) is 2.72. The van der Waals surface area contributed by atoms with Gasteiger partial charge in [-0.05, 0) is 31.0 Å². The molecule has 1 aliphatic rings. The second-order valence-corrected chi connectivity index (χ2v) is 4.72. The molecule has 1 aromatic rings. The summed E-state index contributed by atoms with van der Waals surface area (Å²) in [5.74, 6) is 0.845. The summed E-state index contributed by atoms with van der Waals surface area (Å²) in [6, 6.07) is 7.51. The third-order valence-corrected chi connectivity index (χ3v) is 3.94. The second-order valence-electron chi connectivity index (χ2n) is 4.72. The van der Waals surface area contributed by atoms with E-state index in [4.69, 9.17) is 16.2 Å². The van der Waals surface area contributed by atoms with Crippen molar-refractivity contribution in [2.24, 2.45) is 16.9 Å². The van der Waals surface area contributed by atoms with Crippen LogP contribution in [0.25, 0.3) is 0 Å². The number of carbonyl (C=O) groups excluding carboxylic acids is 1. The molecule has 0 heterocycles. The highest BCUT2D eigenvalue weighted by atomic mass is 16.5. The highest BCUT2D eigenvalue weighted by molar-refractivity contribution is 5.89. The summed E-state index contributed by atoms with van der Waals surface area (Å²) in [7, 11) is 1.62. The van der Waals surface area contributed by atoms with Gasteiger partial charge in [-0.2, -0.15) is 0 Å². The van der Waals surface area contributed by atoms with E-state index in [0.29, 0.717) is 13.0 Å². The van der Waals surface area contributed by atoms with Crippen molar-refractivity contribution in [1.82, 2.24) is 0 Å². The van der Waals surface area contributed by atoms with Crippen LogP contribution in [-0.2, 0) is 10.3 Å². The molecule has 0 spiro atoms. The summed E-state index contributed by atoms with van der Waals surface area (Å²) in [5, 5.41) is 0. The number of methoxy groups -OCH3 is 1. The maximum atomic E-state index is 11.7. The van der Waals surface area contributed by atoms with Gasteiger partial charge in [-0.15, -0.1) is 0 Å². The number of nitrogens with two attached hydrogens (primary N) is 2. The zero-order valence-corrected chi connectivity index (χ0v) is 10.2. The van der Waals surface area contributed by atoms with Gasteiger partial charge in [0.05, 0.1) is 18.1 Å². The molecule has 1 saturated carbocycles. The molecule has 1 aromatic carbocycles. The molecular formula is C13H18N2O2. The van der Waals surface area contributed by atoms with Crippen LogP contribution in [0.4, 0.5) is 0 Å². The van der Waals surface area contributed by atoms with E-state index in [2.05, 4.69) is 0 Å². The first-order valence-corrected chi connectivity index (χ1v) is 5.65. The molecule has 4 nitrogen and oxygen atoms in total. The van der Waals surface area contributed by atoms with E-state index in [0.717, 1.165) is 11.3 Å². The van der Waals surface area contributed by atoms with Crippen LogP contribution in [0.1, 0.15) is 18.9 Å². The predicted molar refractivity (Wildman–Crippen MR) is 65.6 cm³/mol. The minimum atomic E-state index is -0.611. The number of hydrogen-bond acceptors (Lipinski definition) is 4. The van der Waals surface area contributed by atoms with Crippen molar-refractivity contribution >= 4 is 5.78 Å². The Labute approximate surface area is 101 Å². The third kappa shape index (κ3) is 1.56. The van der Waals surface area contributed by atoms with Crippen LogP contribution >= 0.6 is 0 Å². The number of carbonyl (C=O) groups is 1. The highest BCUT2D eigenvalue weighted by Gasteiger charge is 2.68. The minimum absolute atomic E-state index is 0.0679. The SMILES string of the molecule is COc1ccc(C2(N)CC2(CN)C(C)=O)cc1. The molecule has 0 bridgehead atoms. The molecule has 0 saturated heterocycles. The normalized spacial score (nSPS) is 31.1. The zero-order valence-electron chi connectivity index (χ0n) is 10.2. The largest absolute Gasteiger partial charge is 0.497 e. The van der Waals surface area contributed by atoms with Gasteiger partial charge in [0, 0.05) is 6.54 Å². The molecule has 1 aliphatic carbocycles. The molecule has 4 heteroatoms. The van der Waals surface area contributed by atoms with Crippen molar-refractivity contribution < 1.29 is 9.53 Å². The smallest absolute Gasteiger partial charge is 0.139 e. The van der Waals surface area contributed by atoms with Gasteiger partial charge in [0.15, 0.2) is 0 Å². The van der Waals surface area contributed by atoms with Gasteiger partial charge in [0.25, 0.3) is 0 Å². The van der Waals surface area contributed by atoms with Crippen LogP contribution in [0.2, 0.25) is 0 Å². The second kappa shape index (κ2) is 3.82. The van der Waals surface area contributed by atoms with Crippen molar-refractivity contribution in [3.8, 4) is 5.75 Å². The average molecular weight is 234 g/mol. The molecule has 1 fully saturated rings. The number of Topliss-reactive ketones (excluding diaryl/α,β-unsaturated/α-hetero) is 1. The van der Waals surface area contributed by atoms with Gasteiger partial charge in [-0.3, -0.25) is 4.79 Å². The number of hydrogen-bond donors (Lipinski definition) is 2. The topological polar surface area (TPSA) is 78.3 Å². The summed E-state index contributed by atoms with van der Waals surface area (Å²) in [5.41, 5.74) is 11.8. The molecule has 0 radical (unpaired) electrons. The number of benzene rings is 1. The van der Waals surface area contributed by atoms with Gasteiger partial charge in [-0.1, -0.05) is 12.1 Å². The van der Waals surface area contributed by atoms with Crippen molar-refractivity contribution in [3.05, 3.63) is 29.8 Å². The van der Waals surface area contributed by atoms with E-state index in [1.165, 1.54) is 0 Å². The lowest BCUT2D eigenvalue weighted by Crippen LogP contribution is -2.37. The number of ether oxygens (including phenoxy) is 1. The third-order valence-electron chi connectivity index (χ3n) is 3.94. The predicted octanol–water partition coefficient (Wildman–Crippen LogP) is 0.787. The Bertz CT molecular complexity index is 443. The highest BCUT2D eigenvalue weighted by Crippen LogP contribution is 2.60. The van der Waals surface area contributed by atoms with Crippen LogP contribution < -0.4 is 16.2 Å². The van der Waals surface area contributed by atoms with Gasteiger partial charge in [0.1, 0.15) is 11.5 Å². The van der Waals surface area contributed by atoms with E-state index < -0.39 is 11.0 Å². The number of ketones is 1. The van der Waals surface area contributed by atoms with Crippen LogP contribution in [0, 0.1) is 5.41 Å². The fraction of sp³-hybridized carbons (Fsp3) is 0.462. The summed E-state index contributed by atoms with van der Waals surface area (Å²) in [4.78, 5) is 11.7. The lowest BCUT2D eigenvalue weighted by molar-refractivity contribution is -0.122. The van der Waals surface area contributed by atoms with Crippen molar-refractivity contribution in [2.75, 3.05) is 13.7 Å². The van der Waals surface area contributed by atoms with Gasteiger partial charge in [-0.25, -0.2) is 0 Å². The zero-order chi connectivity index (χ0) is 12.7. The Morgan fingerprint density at radius 1 is 1.41 bits per heavy atom. The molecule has 2 unspecified atom stereocenters. The van der Waals surface area contributed by atoms with Crippen molar-refractivity contribution in [3.63, 3.8) is 0 Å². The fourth-order valence-corrected chi connectivity index (χ4v) is 2.54. The first kappa shape index (κ1) is 12.1. The van der Waals surface area contributed by atoms with Crippen molar-refractivity contribution in [1.29, 1.82) is 0 Å². The Balaban J connectivity index is 2.32. The van der Waals surface area contributed by atoms with Gasteiger partial charge >= 0.3 is 0 Å². The molecule has 92 valence electrons. The molecule has 4 N–H and O–H groups in total.